The Bertz CT molecular complexity index is 187. The second-order valence-corrected chi connectivity index (χ2v) is 2.80. The van der Waals surface area contributed by atoms with Crippen molar-refractivity contribution >= 4 is 0 Å². The van der Waals surface area contributed by atoms with E-state index in [-0.39, 0.29) is 41.1 Å². The minimum absolute atomic E-state index is 0. The van der Waals surface area contributed by atoms with Gasteiger partial charge in [-0.3, -0.25) is 6.08 Å². The summed E-state index contributed by atoms with van der Waals surface area (Å²) in [5, 5.41) is 0. The molecule has 1 radical (unpaired) electrons. The first-order valence-electron chi connectivity index (χ1n) is 3.40. The van der Waals surface area contributed by atoms with Gasteiger partial charge in [0, 0.05) is 0 Å². The zero-order chi connectivity index (χ0) is 7.02. The molecule has 0 fully saturated rings. The fourth-order valence-electron chi connectivity index (χ4n) is 1.16. The second kappa shape index (κ2) is 6.83. The summed E-state index contributed by atoms with van der Waals surface area (Å²) in [4.78, 5) is 0. The van der Waals surface area contributed by atoms with Gasteiger partial charge in [0.2, 0.25) is 0 Å². The average molecular weight is 242 g/mol. The summed E-state index contributed by atoms with van der Waals surface area (Å²) < 4.78 is 0. The number of rotatable bonds is 0. The monoisotopic (exact) mass is 241 g/mol. The molecular weight excluding hydrogens is 223 g/mol. The summed E-state index contributed by atoms with van der Waals surface area (Å²) in [6, 6.07) is 0. The van der Waals surface area contributed by atoms with Crippen LogP contribution < -0.4 is 0 Å². The van der Waals surface area contributed by atoms with Gasteiger partial charge in [0.1, 0.15) is 0 Å². The Morgan fingerprint density at radius 2 is 1.50 bits per heavy atom. The van der Waals surface area contributed by atoms with E-state index in [2.05, 4.69) is 33.8 Å². The van der Waals surface area contributed by atoms with Gasteiger partial charge in [0.05, 0.1) is 0 Å². The molecule has 1 atom stereocenters. The third-order valence-electron chi connectivity index (χ3n) is 2.24. The van der Waals surface area contributed by atoms with Crippen LogP contribution in [0.25, 0.3) is 0 Å². The van der Waals surface area contributed by atoms with E-state index in [9.17, 15) is 0 Å². The fourth-order valence-corrected chi connectivity index (χ4v) is 1.16. The summed E-state index contributed by atoms with van der Waals surface area (Å²) >= 11 is 0. The molecule has 12 heavy (non-hydrogen) atoms. The van der Waals surface area contributed by atoms with E-state index in [0.29, 0.717) is 5.92 Å². The van der Waals surface area contributed by atoms with Crippen LogP contribution in [0.15, 0.2) is 16.7 Å². The summed E-state index contributed by atoms with van der Waals surface area (Å²) in [6.45, 7) is 8.67. The number of hydrogen-bond donors (Lipinski definition) is 0. The molecule has 0 spiro atoms. The van der Waals surface area contributed by atoms with Crippen molar-refractivity contribution in [3.8, 4) is 0 Å². The van der Waals surface area contributed by atoms with Crippen molar-refractivity contribution in [1.82, 2.24) is 0 Å². The van der Waals surface area contributed by atoms with Crippen molar-refractivity contribution in [3.63, 3.8) is 0 Å². The molecule has 1 aliphatic carbocycles. The van der Waals surface area contributed by atoms with Crippen molar-refractivity contribution < 1.29 is 26.2 Å². The standard InChI is InChI=1S/C9H13.2CH3.Zr/c1-6-5-7(2)9(4)8(6)3;;;/h6H,1-4H3;2*1H3;/q3*-1;+3. The first-order valence-corrected chi connectivity index (χ1v) is 3.40. The van der Waals surface area contributed by atoms with Crippen molar-refractivity contribution in [2.45, 2.75) is 27.7 Å². The smallest absolute Gasteiger partial charge is 0.358 e. The summed E-state index contributed by atoms with van der Waals surface area (Å²) in [5.41, 5.74) is 4.25. The normalized spacial score (nSPS) is 20.3. The molecular formula is C11H19Zr. The van der Waals surface area contributed by atoms with Crippen LogP contribution in [-0.2, 0) is 26.2 Å². The van der Waals surface area contributed by atoms with Gasteiger partial charge >= 0.3 is 26.2 Å². The molecule has 0 bridgehead atoms. The first-order chi connectivity index (χ1) is 4.13. The van der Waals surface area contributed by atoms with Crippen LogP contribution in [0.2, 0.25) is 0 Å². The summed E-state index contributed by atoms with van der Waals surface area (Å²) in [5.74, 6) is 0.560. The average Bonchev–Trinajstić information content (AvgIpc) is 1.98. The molecule has 0 aromatic heterocycles. The van der Waals surface area contributed by atoms with E-state index in [0.717, 1.165) is 0 Å². The second-order valence-electron chi connectivity index (χ2n) is 2.80. The quantitative estimate of drug-likeness (QED) is 0.569. The predicted molar refractivity (Wildman–Crippen MR) is 52.8 cm³/mol. The van der Waals surface area contributed by atoms with Crippen LogP contribution >= 0.6 is 0 Å². The van der Waals surface area contributed by atoms with Gasteiger partial charge in [-0.25, -0.2) is 5.57 Å². The van der Waals surface area contributed by atoms with Gasteiger partial charge in [-0.2, -0.15) is 11.1 Å². The first kappa shape index (κ1) is 18.2. The SMILES string of the molecule is CC1=[C-]C(C)C(C)=C1C.[CH3-].[CH3-].[Zr+3]. The molecule has 0 nitrogen and oxygen atoms in total. The van der Waals surface area contributed by atoms with E-state index in [1.807, 2.05) is 0 Å². The van der Waals surface area contributed by atoms with Gasteiger partial charge < -0.3 is 14.9 Å². The minimum atomic E-state index is 0. The maximum Gasteiger partial charge on any atom is 3.00 e. The zero-order valence-corrected chi connectivity index (χ0v) is 11.5. The summed E-state index contributed by atoms with van der Waals surface area (Å²) in [7, 11) is 0. The fraction of sp³-hybridized carbons (Fsp3) is 0.455. The van der Waals surface area contributed by atoms with Gasteiger partial charge in [-0.15, -0.1) is 6.92 Å². The maximum absolute atomic E-state index is 3.36. The van der Waals surface area contributed by atoms with Gasteiger partial charge in [-0.05, 0) is 0 Å². The largest absolute Gasteiger partial charge is 3.00 e. The molecule has 1 rings (SSSR count). The molecule has 0 aliphatic heterocycles. The van der Waals surface area contributed by atoms with Gasteiger partial charge in [0.15, 0.2) is 0 Å². The van der Waals surface area contributed by atoms with Crippen molar-refractivity contribution in [2.75, 3.05) is 0 Å². The Labute approximate surface area is 97.3 Å². The summed E-state index contributed by atoms with van der Waals surface area (Å²) in [6.07, 6.45) is 3.36. The zero-order valence-electron chi connectivity index (χ0n) is 9.08. The van der Waals surface area contributed by atoms with Crippen LogP contribution in [0.4, 0.5) is 0 Å². The van der Waals surface area contributed by atoms with Crippen molar-refractivity contribution in [2.24, 2.45) is 5.92 Å². The Kier molecular flexibility index (Phi) is 10.4. The molecule has 0 amide bonds. The van der Waals surface area contributed by atoms with Gasteiger partial charge in [0.25, 0.3) is 0 Å². The minimum Gasteiger partial charge on any atom is -0.358 e. The predicted octanol–water partition coefficient (Wildman–Crippen LogP) is 3.62. The van der Waals surface area contributed by atoms with Crippen LogP contribution in [-0.4, -0.2) is 0 Å². The van der Waals surface area contributed by atoms with E-state index in [1.54, 1.807) is 0 Å². The topological polar surface area (TPSA) is 0 Å². The molecule has 1 heteroatoms. The molecule has 1 aliphatic rings. The van der Waals surface area contributed by atoms with Crippen LogP contribution in [0.3, 0.4) is 0 Å². The molecule has 0 heterocycles. The molecule has 0 aromatic carbocycles. The van der Waals surface area contributed by atoms with Crippen LogP contribution in [0.1, 0.15) is 27.7 Å². The Morgan fingerprint density at radius 3 is 1.58 bits per heavy atom. The molecule has 0 saturated heterocycles. The van der Waals surface area contributed by atoms with E-state index >= 15 is 0 Å². The number of hydrogen-bond acceptors (Lipinski definition) is 0. The Balaban J connectivity index is -0.000000270. The van der Waals surface area contributed by atoms with Crippen molar-refractivity contribution in [3.05, 3.63) is 37.6 Å². The molecule has 1 unspecified atom stereocenters. The maximum atomic E-state index is 3.36. The van der Waals surface area contributed by atoms with E-state index in [4.69, 9.17) is 0 Å². The third-order valence-corrected chi connectivity index (χ3v) is 2.24. The Morgan fingerprint density at radius 1 is 1.08 bits per heavy atom. The van der Waals surface area contributed by atoms with E-state index < -0.39 is 0 Å². The Hall–Kier alpha value is 0.363. The van der Waals surface area contributed by atoms with Crippen LogP contribution in [0, 0.1) is 26.8 Å². The van der Waals surface area contributed by atoms with Gasteiger partial charge in [-0.1, -0.05) is 26.7 Å². The van der Waals surface area contributed by atoms with Crippen molar-refractivity contribution in [1.29, 1.82) is 0 Å². The molecule has 0 N–H and O–H groups in total. The molecule has 0 saturated carbocycles. The number of allylic oxidation sites excluding steroid dienone is 4. The van der Waals surface area contributed by atoms with E-state index in [1.165, 1.54) is 16.7 Å². The van der Waals surface area contributed by atoms with Crippen LogP contribution in [0.5, 0.6) is 0 Å². The molecule has 67 valence electrons. The molecule has 0 aromatic rings. The third kappa shape index (κ3) is 3.39.